The van der Waals surface area contributed by atoms with Crippen LogP contribution < -0.4 is 5.32 Å². The number of fused-ring (bicyclic) bond motifs is 1. The van der Waals surface area contributed by atoms with E-state index in [1.807, 2.05) is 37.3 Å². The molecule has 0 saturated carbocycles. The summed E-state index contributed by atoms with van der Waals surface area (Å²) in [6.07, 6.45) is 4.18. The maximum absolute atomic E-state index is 6.02. The maximum atomic E-state index is 6.02. The van der Waals surface area contributed by atoms with E-state index in [1.54, 1.807) is 0 Å². The van der Waals surface area contributed by atoms with E-state index in [-0.39, 0.29) is 0 Å². The molecule has 0 bridgehead atoms. The van der Waals surface area contributed by atoms with Gasteiger partial charge in [0.2, 0.25) is 0 Å². The van der Waals surface area contributed by atoms with Crippen LogP contribution in [0, 0.1) is 0 Å². The van der Waals surface area contributed by atoms with Crippen LogP contribution in [0.25, 0.3) is 6.08 Å². The smallest absolute Gasteiger partial charge is 0.155 e. The fraction of sp³-hybridized carbons (Fsp3) is 0.176. The summed E-state index contributed by atoms with van der Waals surface area (Å²) in [5.41, 5.74) is 3.03. The topological polar surface area (TPSA) is 21.3 Å². The maximum Gasteiger partial charge on any atom is 0.155 e. The lowest BCUT2D eigenvalue weighted by molar-refractivity contribution is 0.0140. The van der Waals surface area contributed by atoms with Crippen LogP contribution in [-0.4, -0.2) is 5.72 Å². The zero-order valence-electron chi connectivity index (χ0n) is 11.0. The number of nitrogens with one attached hydrogen (secondary N) is 1. The van der Waals surface area contributed by atoms with E-state index in [9.17, 15) is 0 Å². The largest absolute Gasteiger partial charge is 0.354 e. The van der Waals surface area contributed by atoms with Crippen molar-refractivity contribution in [2.75, 3.05) is 5.32 Å². The van der Waals surface area contributed by atoms with Crippen molar-refractivity contribution in [1.82, 2.24) is 0 Å². The molecule has 2 nitrogen and oxygen atoms in total. The van der Waals surface area contributed by atoms with Crippen LogP contribution in [0.5, 0.6) is 0 Å². The summed E-state index contributed by atoms with van der Waals surface area (Å²) in [5.74, 6) is 0. The van der Waals surface area contributed by atoms with Gasteiger partial charge < -0.3 is 10.1 Å². The van der Waals surface area contributed by atoms with E-state index in [0.717, 1.165) is 5.69 Å². The van der Waals surface area contributed by atoms with Gasteiger partial charge in [0.05, 0.1) is 6.61 Å². The first-order chi connectivity index (χ1) is 9.25. The Morgan fingerprint density at radius 3 is 2.58 bits per heavy atom. The molecule has 0 saturated heterocycles. The Labute approximate surface area is 113 Å². The van der Waals surface area contributed by atoms with E-state index in [4.69, 9.17) is 4.74 Å². The van der Waals surface area contributed by atoms with Crippen molar-refractivity contribution in [2.24, 2.45) is 0 Å². The molecule has 0 aromatic heterocycles. The Morgan fingerprint density at radius 2 is 1.74 bits per heavy atom. The molecule has 1 aliphatic rings. The molecule has 0 aliphatic carbocycles. The molecule has 0 amide bonds. The van der Waals surface area contributed by atoms with Crippen LogP contribution >= 0.6 is 0 Å². The number of rotatable bonds is 3. The predicted molar refractivity (Wildman–Crippen MR) is 78.7 cm³/mol. The second-order valence-corrected chi connectivity index (χ2v) is 4.93. The average Bonchev–Trinajstić information content (AvgIpc) is 2.46. The Kier molecular flexibility index (Phi) is 3.10. The first kappa shape index (κ1) is 12.0. The van der Waals surface area contributed by atoms with Gasteiger partial charge >= 0.3 is 0 Å². The molecule has 0 fully saturated rings. The standard InChI is InChI=1S/C17H17NO/c1-17(19-13-14-7-3-2-4-8-14)12-11-15-9-5-6-10-16(15)18-17/h2-12,18H,13H2,1H3. The minimum Gasteiger partial charge on any atom is -0.354 e. The van der Waals surface area contributed by atoms with E-state index in [2.05, 4.69) is 41.7 Å². The third-order valence-electron chi connectivity index (χ3n) is 3.31. The molecule has 19 heavy (non-hydrogen) atoms. The normalized spacial score (nSPS) is 20.7. The molecule has 1 N–H and O–H groups in total. The van der Waals surface area contributed by atoms with Crippen LogP contribution in [-0.2, 0) is 11.3 Å². The summed E-state index contributed by atoms with van der Waals surface area (Å²) in [5, 5.41) is 3.43. The molecule has 0 spiro atoms. The van der Waals surface area contributed by atoms with Crippen molar-refractivity contribution >= 4 is 11.8 Å². The number of anilines is 1. The predicted octanol–water partition coefficient (Wildman–Crippen LogP) is 4.06. The quantitative estimate of drug-likeness (QED) is 0.888. The van der Waals surface area contributed by atoms with Gasteiger partial charge in [0.1, 0.15) is 0 Å². The van der Waals surface area contributed by atoms with Crippen molar-refractivity contribution < 1.29 is 4.74 Å². The molecule has 96 valence electrons. The molecule has 1 unspecified atom stereocenters. The van der Waals surface area contributed by atoms with Crippen molar-refractivity contribution in [3.8, 4) is 0 Å². The number of ether oxygens (including phenoxy) is 1. The summed E-state index contributed by atoms with van der Waals surface area (Å²) in [7, 11) is 0. The molecule has 3 rings (SSSR count). The molecule has 1 aliphatic heterocycles. The Morgan fingerprint density at radius 1 is 1.00 bits per heavy atom. The van der Waals surface area contributed by atoms with Crippen LogP contribution in [0.2, 0.25) is 0 Å². The van der Waals surface area contributed by atoms with Crippen LogP contribution in [0.15, 0.2) is 60.7 Å². The molecule has 2 aromatic carbocycles. The van der Waals surface area contributed by atoms with E-state index < -0.39 is 5.72 Å². The highest BCUT2D eigenvalue weighted by atomic mass is 16.5. The van der Waals surface area contributed by atoms with Gasteiger partial charge in [-0.15, -0.1) is 0 Å². The van der Waals surface area contributed by atoms with Crippen molar-refractivity contribution in [3.63, 3.8) is 0 Å². The number of para-hydroxylation sites is 1. The number of hydrogen-bond acceptors (Lipinski definition) is 2. The lowest BCUT2D eigenvalue weighted by Gasteiger charge is -2.32. The number of hydrogen-bond donors (Lipinski definition) is 1. The second kappa shape index (κ2) is 4.90. The van der Waals surface area contributed by atoms with Gasteiger partial charge in [-0.25, -0.2) is 0 Å². The van der Waals surface area contributed by atoms with Gasteiger partial charge in [-0.2, -0.15) is 0 Å². The van der Waals surface area contributed by atoms with Gasteiger partial charge in [0, 0.05) is 5.69 Å². The van der Waals surface area contributed by atoms with E-state index in [1.165, 1.54) is 11.1 Å². The van der Waals surface area contributed by atoms with Crippen LogP contribution in [0.3, 0.4) is 0 Å². The first-order valence-corrected chi connectivity index (χ1v) is 6.50. The van der Waals surface area contributed by atoms with Gasteiger partial charge in [-0.05, 0) is 30.2 Å². The SMILES string of the molecule is CC1(OCc2ccccc2)C=Cc2ccccc2N1. The van der Waals surface area contributed by atoms with Crippen molar-refractivity contribution in [3.05, 3.63) is 71.8 Å². The third-order valence-corrected chi connectivity index (χ3v) is 3.31. The summed E-state index contributed by atoms with van der Waals surface area (Å²) in [6.45, 7) is 2.64. The fourth-order valence-corrected chi connectivity index (χ4v) is 2.21. The first-order valence-electron chi connectivity index (χ1n) is 6.50. The monoisotopic (exact) mass is 251 g/mol. The second-order valence-electron chi connectivity index (χ2n) is 4.93. The number of benzene rings is 2. The Hall–Kier alpha value is -2.06. The highest BCUT2D eigenvalue weighted by molar-refractivity contribution is 5.71. The molecular weight excluding hydrogens is 234 g/mol. The van der Waals surface area contributed by atoms with Crippen LogP contribution in [0.4, 0.5) is 5.69 Å². The minimum atomic E-state index is -0.454. The molecule has 2 heteroatoms. The summed E-state index contributed by atoms with van der Waals surface area (Å²) >= 11 is 0. The fourth-order valence-electron chi connectivity index (χ4n) is 2.21. The van der Waals surface area contributed by atoms with E-state index >= 15 is 0 Å². The summed E-state index contributed by atoms with van der Waals surface area (Å²) in [6, 6.07) is 18.5. The zero-order valence-corrected chi connectivity index (χ0v) is 11.0. The van der Waals surface area contributed by atoms with E-state index in [0.29, 0.717) is 6.61 Å². The summed E-state index contributed by atoms with van der Waals surface area (Å²) < 4.78 is 6.02. The van der Waals surface area contributed by atoms with Crippen molar-refractivity contribution in [2.45, 2.75) is 19.3 Å². The molecule has 1 atom stereocenters. The highest BCUT2D eigenvalue weighted by Gasteiger charge is 2.25. The van der Waals surface area contributed by atoms with Gasteiger partial charge in [-0.3, -0.25) is 0 Å². The lowest BCUT2D eigenvalue weighted by atomic mass is 10.0. The van der Waals surface area contributed by atoms with Gasteiger partial charge in [0.15, 0.2) is 5.72 Å². The van der Waals surface area contributed by atoms with Gasteiger partial charge in [-0.1, -0.05) is 54.6 Å². The van der Waals surface area contributed by atoms with Crippen molar-refractivity contribution in [1.29, 1.82) is 0 Å². The molecule has 0 radical (unpaired) electrons. The zero-order chi connectivity index (χ0) is 13.1. The van der Waals surface area contributed by atoms with Crippen LogP contribution in [0.1, 0.15) is 18.1 Å². The molecule has 1 heterocycles. The summed E-state index contributed by atoms with van der Waals surface area (Å²) in [4.78, 5) is 0. The Bertz CT molecular complexity index is 591. The average molecular weight is 251 g/mol. The molecule has 2 aromatic rings. The lowest BCUT2D eigenvalue weighted by Crippen LogP contribution is -2.37. The third kappa shape index (κ3) is 2.69. The highest BCUT2D eigenvalue weighted by Crippen LogP contribution is 2.29. The molecular formula is C17H17NO. The minimum absolute atomic E-state index is 0.454. The Balaban J connectivity index is 1.72. The van der Waals surface area contributed by atoms with Gasteiger partial charge in [0.25, 0.3) is 0 Å².